The largest absolute Gasteiger partial charge is 0.395 e. The number of hydrogen-bond donors (Lipinski definition) is 2. The predicted molar refractivity (Wildman–Crippen MR) is 55.3 cm³/mol. The Balaban J connectivity index is 0. The van der Waals surface area contributed by atoms with Crippen LogP contribution in [0.15, 0.2) is 0 Å². The molecule has 1 saturated heterocycles. The van der Waals surface area contributed by atoms with Crippen molar-refractivity contribution < 1.29 is 10.2 Å². The summed E-state index contributed by atoms with van der Waals surface area (Å²) in [7, 11) is 0. The van der Waals surface area contributed by atoms with E-state index >= 15 is 0 Å². The molecule has 2 unspecified atom stereocenters. The summed E-state index contributed by atoms with van der Waals surface area (Å²) in [6, 6.07) is 0. The van der Waals surface area contributed by atoms with Gasteiger partial charge in [0.2, 0.25) is 0 Å². The molecule has 0 aromatic carbocycles. The van der Waals surface area contributed by atoms with Crippen LogP contribution in [0.4, 0.5) is 0 Å². The molecule has 1 fully saturated rings. The Morgan fingerprint density at radius 1 is 1.18 bits per heavy atom. The minimum atomic E-state index is 0. The zero-order valence-corrected chi connectivity index (χ0v) is 6.62. The van der Waals surface area contributed by atoms with Gasteiger partial charge in [-0.3, -0.25) is 0 Å². The lowest BCUT2D eigenvalue weighted by Gasteiger charge is -2.02. The molecule has 1 rings (SSSR count). The summed E-state index contributed by atoms with van der Waals surface area (Å²) >= 11 is 3.40. The Morgan fingerprint density at radius 3 is 2.09 bits per heavy atom. The number of aliphatic hydroxyl groups is 2. The van der Waals surface area contributed by atoms with Gasteiger partial charge in [0.1, 0.15) is 0 Å². The molecule has 0 aromatic rings. The van der Waals surface area contributed by atoms with E-state index in [1.807, 2.05) is 0 Å². The summed E-state index contributed by atoms with van der Waals surface area (Å²) in [5.74, 6) is 0.979. The second kappa shape index (κ2) is 7.28. The number of thioether (sulfide) groups is 2. The van der Waals surface area contributed by atoms with Gasteiger partial charge in [0, 0.05) is 11.0 Å². The van der Waals surface area contributed by atoms with Crippen molar-refractivity contribution in [3.8, 4) is 0 Å². The first-order chi connectivity index (χ1) is 4.36. The van der Waals surface area contributed by atoms with E-state index in [9.17, 15) is 0 Å². The van der Waals surface area contributed by atoms with Crippen molar-refractivity contribution in [3.63, 3.8) is 0 Å². The van der Waals surface area contributed by atoms with Crippen molar-refractivity contribution in [2.75, 3.05) is 19.0 Å². The second-order valence-corrected chi connectivity index (χ2v) is 4.93. The summed E-state index contributed by atoms with van der Waals surface area (Å²) in [5.41, 5.74) is 0. The van der Waals surface area contributed by atoms with Crippen molar-refractivity contribution in [1.82, 2.24) is 0 Å². The highest BCUT2D eigenvalue weighted by Gasteiger charge is 2.23. The molecule has 0 aromatic heterocycles. The van der Waals surface area contributed by atoms with Crippen molar-refractivity contribution in [2.24, 2.45) is 0 Å². The molecular formula is C7H18O2S2. The molecule has 70 valence electrons. The standard InChI is InChI=1S/C5H10O2S2.2CH4/c6-1-4-3-8-5(2-7)9-4;;/h4-7H,1-3H2;2*1H4. The first-order valence-electron chi connectivity index (χ1n) is 2.85. The molecule has 1 aliphatic rings. The van der Waals surface area contributed by atoms with Crippen LogP contribution < -0.4 is 0 Å². The third-order valence-electron chi connectivity index (χ3n) is 1.16. The lowest BCUT2D eigenvalue weighted by atomic mass is 10.5. The van der Waals surface area contributed by atoms with Crippen molar-refractivity contribution in [2.45, 2.75) is 24.7 Å². The van der Waals surface area contributed by atoms with Gasteiger partial charge < -0.3 is 10.2 Å². The summed E-state index contributed by atoms with van der Waals surface area (Å²) in [6.07, 6.45) is 0. The maximum absolute atomic E-state index is 8.66. The SMILES string of the molecule is C.C.OCC1CSC(CO)S1. The van der Waals surface area contributed by atoms with Gasteiger partial charge in [-0.15, -0.1) is 23.5 Å². The molecular weight excluding hydrogens is 180 g/mol. The van der Waals surface area contributed by atoms with Gasteiger partial charge in [-0.05, 0) is 0 Å². The monoisotopic (exact) mass is 198 g/mol. The van der Waals surface area contributed by atoms with E-state index in [0.717, 1.165) is 5.75 Å². The molecule has 1 heterocycles. The Bertz CT molecular complexity index is 80.5. The highest BCUT2D eigenvalue weighted by Crippen LogP contribution is 2.36. The van der Waals surface area contributed by atoms with Crippen LogP contribution in [0.5, 0.6) is 0 Å². The predicted octanol–water partition coefficient (Wildman–Crippen LogP) is 1.42. The molecule has 0 amide bonds. The maximum atomic E-state index is 8.66. The Labute approximate surface area is 77.8 Å². The van der Waals surface area contributed by atoms with E-state index in [4.69, 9.17) is 10.2 Å². The van der Waals surface area contributed by atoms with E-state index < -0.39 is 0 Å². The van der Waals surface area contributed by atoms with Crippen LogP contribution in [0.2, 0.25) is 0 Å². The third-order valence-corrected chi connectivity index (χ3v) is 4.39. The fourth-order valence-electron chi connectivity index (χ4n) is 0.699. The van der Waals surface area contributed by atoms with E-state index in [2.05, 4.69) is 0 Å². The molecule has 4 heteroatoms. The topological polar surface area (TPSA) is 40.5 Å². The average molecular weight is 198 g/mol. The van der Waals surface area contributed by atoms with Gasteiger partial charge in [-0.25, -0.2) is 0 Å². The van der Waals surface area contributed by atoms with Crippen LogP contribution in [-0.4, -0.2) is 39.0 Å². The van der Waals surface area contributed by atoms with Gasteiger partial charge in [0.05, 0.1) is 17.8 Å². The van der Waals surface area contributed by atoms with E-state index in [-0.39, 0.29) is 28.1 Å². The van der Waals surface area contributed by atoms with Gasteiger partial charge >= 0.3 is 0 Å². The highest BCUT2D eigenvalue weighted by atomic mass is 32.2. The lowest BCUT2D eigenvalue weighted by molar-refractivity contribution is 0.301. The molecule has 2 N–H and O–H groups in total. The smallest absolute Gasteiger partial charge is 0.0737 e. The van der Waals surface area contributed by atoms with Gasteiger partial charge in [0.25, 0.3) is 0 Å². The molecule has 0 saturated carbocycles. The molecule has 2 atom stereocenters. The summed E-state index contributed by atoms with van der Waals surface area (Å²) in [5, 5.41) is 17.7. The molecule has 2 nitrogen and oxygen atoms in total. The molecule has 11 heavy (non-hydrogen) atoms. The number of hydrogen-bond acceptors (Lipinski definition) is 4. The minimum Gasteiger partial charge on any atom is -0.395 e. The van der Waals surface area contributed by atoms with Crippen LogP contribution in [0, 0.1) is 0 Å². The van der Waals surface area contributed by atoms with E-state index in [1.54, 1.807) is 23.5 Å². The average Bonchev–Trinajstić information content (AvgIpc) is 2.34. The van der Waals surface area contributed by atoms with E-state index in [1.165, 1.54) is 0 Å². The van der Waals surface area contributed by atoms with Crippen LogP contribution in [-0.2, 0) is 0 Å². The zero-order chi connectivity index (χ0) is 6.69. The third kappa shape index (κ3) is 4.25. The second-order valence-electron chi connectivity index (χ2n) is 1.89. The maximum Gasteiger partial charge on any atom is 0.0737 e. The fraction of sp³-hybridized carbons (Fsp3) is 1.00. The van der Waals surface area contributed by atoms with Crippen molar-refractivity contribution in [3.05, 3.63) is 0 Å². The summed E-state index contributed by atoms with van der Waals surface area (Å²) < 4.78 is 0.308. The van der Waals surface area contributed by atoms with Crippen LogP contribution >= 0.6 is 23.5 Å². The summed E-state index contributed by atoms with van der Waals surface area (Å²) in [4.78, 5) is 0. The lowest BCUT2D eigenvalue weighted by Crippen LogP contribution is -2.07. The molecule has 1 aliphatic heterocycles. The summed E-state index contributed by atoms with van der Waals surface area (Å²) in [6.45, 7) is 0.472. The van der Waals surface area contributed by atoms with Crippen LogP contribution in [0.25, 0.3) is 0 Å². The quantitative estimate of drug-likeness (QED) is 0.704. The van der Waals surface area contributed by atoms with E-state index in [0.29, 0.717) is 9.83 Å². The molecule has 0 aliphatic carbocycles. The van der Waals surface area contributed by atoms with Gasteiger partial charge in [-0.1, -0.05) is 14.9 Å². The zero-order valence-electron chi connectivity index (χ0n) is 4.99. The number of aliphatic hydroxyl groups excluding tert-OH is 2. The fourth-order valence-corrected chi connectivity index (χ4v) is 3.51. The van der Waals surface area contributed by atoms with Crippen molar-refractivity contribution >= 4 is 23.5 Å². The Morgan fingerprint density at radius 2 is 1.82 bits per heavy atom. The van der Waals surface area contributed by atoms with Crippen LogP contribution in [0.1, 0.15) is 14.9 Å². The first-order valence-corrected chi connectivity index (χ1v) is 4.84. The Hall–Kier alpha value is 0.620. The molecule has 0 bridgehead atoms. The Kier molecular flexibility index (Phi) is 9.37. The van der Waals surface area contributed by atoms with Crippen molar-refractivity contribution in [1.29, 1.82) is 0 Å². The van der Waals surface area contributed by atoms with Gasteiger partial charge in [0.15, 0.2) is 0 Å². The van der Waals surface area contributed by atoms with Gasteiger partial charge in [-0.2, -0.15) is 0 Å². The highest BCUT2D eigenvalue weighted by molar-refractivity contribution is 8.20. The molecule has 0 radical (unpaired) electrons. The normalized spacial score (nSPS) is 28.9. The minimum absolute atomic E-state index is 0. The first kappa shape index (κ1) is 14.2. The van der Waals surface area contributed by atoms with Crippen LogP contribution in [0.3, 0.4) is 0 Å². The molecule has 0 spiro atoms. The number of rotatable bonds is 2.